The lowest BCUT2D eigenvalue weighted by molar-refractivity contribution is -0.119. The molecule has 4 rings (SSSR count). The highest BCUT2D eigenvalue weighted by Gasteiger charge is 2.20. The Morgan fingerprint density at radius 1 is 1.28 bits per heavy atom. The van der Waals surface area contributed by atoms with Crippen LogP contribution in [0, 0.1) is 6.92 Å². The standard InChI is InChI=1S/C19H15BrN2O5S2/c1-10-17(29-18(21-10)15-3-2-6-28-15)19(24)27-9-16(23)22-12-8-14-13(7-11(12)20)25-4-5-26-14/h2-3,6-8H,4-5,9H2,1H3,(H,22,23). The number of hydrogen-bond donors (Lipinski definition) is 1. The van der Waals surface area contributed by atoms with E-state index in [0.29, 0.717) is 45.4 Å². The van der Waals surface area contributed by atoms with Gasteiger partial charge in [0.15, 0.2) is 18.1 Å². The largest absolute Gasteiger partial charge is 0.486 e. The van der Waals surface area contributed by atoms with Crippen molar-refractivity contribution in [3.63, 3.8) is 0 Å². The highest BCUT2D eigenvalue weighted by molar-refractivity contribution is 9.10. The van der Waals surface area contributed by atoms with Crippen molar-refractivity contribution in [3.8, 4) is 21.4 Å². The van der Waals surface area contributed by atoms with Gasteiger partial charge in [0.05, 0.1) is 16.3 Å². The zero-order valence-corrected chi connectivity index (χ0v) is 18.4. The molecular formula is C19H15BrN2O5S2. The van der Waals surface area contributed by atoms with Gasteiger partial charge in [-0.15, -0.1) is 22.7 Å². The second-order valence-corrected chi connectivity index (χ2v) is 8.81. The molecule has 0 bridgehead atoms. The quantitative estimate of drug-likeness (QED) is 0.525. The van der Waals surface area contributed by atoms with E-state index in [1.807, 2.05) is 17.5 Å². The van der Waals surface area contributed by atoms with Crippen molar-refractivity contribution in [1.82, 2.24) is 4.98 Å². The Labute approximate surface area is 182 Å². The number of esters is 1. The maximum Gasteiger partial charge on any atom is 0.350 e. The summed E-state index contributed by atoms with van der Waals surface area (Å²) in [6.45, 7) is 2.26. The van der Waals surface area contributed by atoms with E-state index in [1.165, 1.54) is 11.3 Å². The van der Waals surface area contributed by atoms with Gasteiger partial charge in [-0.2, -0.15) is 0 Å². The van der Waals surface area contributed by atoms with Crippen molar-refractivity contribution in [2.24, 2.45) is 0 Å². The summed E-state index contributed by atoms with van der Waals surface area (Å²) in [5, 5.41) is 5.41. The Morgan fingerprint density at radius 2 is 2.03 bits per heavy atom. The molecule has 3 heterocycles. The van der Waals surface area contributed by atoms with E-state index in [0.717, 1.165) is 9.88 Å². The summed E-state index contributed by atoms with van der Waals surface area (Å²) in [7, 11) is 0. The molecule has 0 radical (unpaired) electrons. The van der Waals surface area contributed by atoms with Crippen LogP contribution in [0.15, 0.2) is 34.1 Å². The molecule has 1 N–H and O–H groups in total. The monoisotopic (exact) mass is 494 g/mol. The summed E-state index contributed by atoms with van der Waals surface area (Å²) < 4.78 is 16.8. The number of ether oxygens (including phenoxy) is 3. The van der Waals surface area contributed by atoms with E-state index in [2.05, 4.69) is 26.2 Å². The normalized spacial score (nSPS) is 12.5. The van der Waals surface area contributed by atoms with Crippen LogP contribution < -0.4 is 14.8 Å². The third-order valence-electron chi connectivity index (χ3n) is 3.95. The highest BCUT2D eigenvalue weighted by Crippen LogP contribution is 2.38. The lowest BCUT2D eigenvalue weighted by Crippen LogP contribution is -2.21. The molecule has 150 valence electrons. The van der Waals surface area contributed by atoms with Crippen molar-refractivity contribution in [2.75, 3.05) is 25.1 Å². The number of hydrogen-bond acceptors (Lipinski definition) is 8. The van der Waals surface area contributed by atoms with Crippen molar-refractivity contribution in [3.05, 3.63) is 44.7 Å². The maximum atomic E-state index is 12.4. The van der Waals surface area contributed by atoms with E-state index in [1.54, 1.807) is 30.4 Å². The second-order valence-electron chi connectivity index (χ2n) is 6.01. The average Bonchev–Trinajstić information content (AvgIpc) is 3.36. The molecule has 0 spiro atoms. The number of aryl methyl sites for hydroxylation is 1. The maximum absolute atomic E-state index is 12.4. The van der Waals surface area contributed by atoms with Gasteiger partial charge < -0.3 is 19.5 Å². The summed E-state index contributed by atoms with van der Waals surface area (Å²) in [5.74, 6) is 0.124. The molecule has 0 saturated heterocycles. The molecule has 1 aliphatic rings. The molecule has 29 heavy (non-hydrogen) atoms. The number of aromatic nitrogens is 1. The first-order chi connectivity index (χ1) is 14.0. The molecule has 0 saturated carbocycles. The summed E-state index contributed by atoms with van der Waals surface area (Å²) in [4.78, 5) is 30.4. The number of nitrogens with zero attached hydrogens (tertiary/aromatic N) is 1. The van der Waals surface area contributed by atoms with Gasteiger partial charge in [-0.25, -0.2) is 9.78 Å². The minimum Gasteiger partial charge on any atom is -0.486 e. The number of carbonyl (C=O) groups is 2. The smallest absolute Gasteiger partial charge is 0.350 e. The van der Waals surface area contributed by atoms with Crippen molar-refractivity contribution < 1.29 is 23.8 Å². The molecule has 3 aromatic rings. The van der Waals surface area contributed by atoms with Crippen LogP contribution in [0.25, 0.3) is 9.88 Å². The van der Waals surface area contributed by atoms with Gasteiger partial charge in [-0.3, -0.25) is 4.79 Å². The molecule has 2 aromatic heterocycles. The van der Waals surface area contributed by atoms with Crippen molar-refractivity contribution in [2.45, 2.75) is 6.92 Å². The average molecular weight is 495 g/mol. The number of nitrogens with one attached hydrogen (secondary N) is 1. The van der Waals surface area contributed by atoms with E-state index in [9.17, 15) is 9.59 Å². The zero-order chi connectivity index (χ0) is 20.4. The van der Waals surface area contributed by atoms with E-state index in [-0.39, 0.29) is 0 Å². The fraction of sp³-hybridized carbons (Fsp3) is 0.211. The highest BCUT2D eigenvalue weighted by atomic mass is 79.9. The van der Waals surface area contributed by atoms with Gasteiger partial charge in [0.25, 0.3) is 5.91 Å². The summed E-state index contributed by atoms with van der Waals surface area (Å²) in [5.41, 5.74) is 1.09. The molecule has 10 heteroatoms. The third-order valence-corrected chi connectivity index (χ3v) is 6.79. The lowest BCUT2D eigenvalue weighted by atomic mass is 10.2. The van der Waals surface area contributed by atoms with E-state index in [4.69, 9.17) is 14.2 Å². The van der Waals surface area contributed by atoms with Gasteiger partial charge >= 0.3 is 5.97 Å². The first kappa shape index (κ1) is 19.9. The Bertz CT molecular complexity index is 1060. The molecular weight excluding hydrogens is 480 g/mol. The SMILES string of the molecule is Cc1nc(-c2cccs2)sc1C(=O)OCC(=O)Nc1cc2c(cc1Br)OCCO2. The van der Waals surface area contributed by atoms with Crippen LogP contribution in [0.3, 0.4) is 0 Å². The van der Waals surface area contributed by atoms with Gasteiger partial charge in [-0.05, 0) is 34.3 Å². The van der Waals surface area contributed by atoms with Crippen LogP contribution in [-0.4, -0.2) is 36.7 Å². The van der Waals surface area contributed by atoms with Crippen molar-refractivity contribution in [1.29, 1.82) is 0 Å². The Kier molecular flexibility index (Phi) is 5.84. The fourth-order valence-electron chi connectivity index (χ4n) is 2.63. The number of halogens is 1. The molecule has 1 aliphatic heterocycles. The number of amides is 1. The topological polar surface area (TPSA) is 86.8 Å². The molecule has 0 atom stereocenters. The second kappa shape index (κ2) is 8.52. The molecule has 1 aromatic carbocycles. The Hall–Kier alpha value is -2.43. The van der Waals surface area contributed by atoms with Crippen LogP contribution in [-0.2, 0) is 9.53 Å². The van der Waals surface area contributed by atoms with E-state index >= 15 is 0 Å². The molecule has 0 aliphatic carbocycles. The van der Waals surface area contributed by atoms with Crippen LogP contribution in [0.4, 0.5) is 5.69 Å². The van der Waals surface area contributed by atoms with Gasteiger partial charge in [0.1, 0.15) is 23.1 Å². The van der Waals surface area contributed by atoms with Crippen molar-refractivity contribution >= 4 is 56.2 Å². The van der Waals surface area contributed by atoms with Crippen LogP contribution in [0.1, 0.15) is 15.4 Å². The van der Waals surface area contributed by atoms with E-state index < -0.39 is 18.5 Å². The molecule has 1 amide bonds. The number of rotatable bonds is 5. The predicted molar refractivity (Wildman–Crippen MR) is 114 cm³/mol. The third kappa shape index (κ3) is 4.44. The Morgan fingerprint density at radius 3 is 2.76 bits per heavy atom. The lowest BCUT2D eigenvalue weighted by Gasteiger charge is -2.20. The predicted octanol–water partition coefficient (Wildman–Crippen LogP) is 4.51. The summed E-state index contributed by atoms with van der Waals surface area (Å²) in [6, 6.07) is 7.26. The number of fused-ring (bicyclic) bond motifs is 1. The van der Waals surface area contributed by atoms with Gasteiger partial charge in [0, 0.05) is 16.6 Å². The fourth-order valence-corrected chi connectivity index (χ4v) is 4.81. The number of thiophene rings is 1. The van der Waals surface area contributed by atoms with Crippen LogP contribution in [0.2, 0.25) is 0 Å². The van der Waals surface area contributed by atoms with Crippen LogP contribution >= 0.6 is 38.6 Å². The molecule has 7 nitrogen and oxygen atoms in total. The number of thiazole rings is 1. The first-order valence-electron chi connectivity index (χ1n) is 8.58. The van der Waals surface area contributed by atoms with Gasteiger partial charge in [0.2, 0.25) is 0 Å². The minimum absolute atomic E-state index is 0.390. The number of benzene rings is 1. The summed E-state index contributed by atoms with van der Waals surface area (Å²) in [6.07, 6.45) is 0. The number of carbonyl (C=O) groups excluding carboxylic acids is 2. The minimum atomic E-state index is -0.570. The molecule has 0 fully saturated rings. The first-order valence-corrected chi connectivity index (χ1v) is 11.1. The molecule has 0 unspecified atom stereocenters. The van der Waals surface area contributed by atoms with Crippen LogP contribution in [0.5, 0.6) is 11.5 Å². The number of anilines is 1. The summed E-state index contributed by atoms with van der Waals surface area (Å²) >= 11 is 6.19. The zero-order valence-electron chi connectivity index (χ0n) is 15.2. The Balaban J connectivity index is 1.38. The van der Waals surface area contributed by atoms with Gasteiger partial charge in [-0.1, -0.05) is 6.07 Å².